The summed E-state index contributed by atoms with van der Waals surface area (Å²) in [5.41, 5.74) is 0.997. The number of carbonyl (C=O) groups excluding carboxylic acids is 1. The van der Waals surface area contributed by atoms with E-state index in [1.165, 1.54) is 0 Å². The molecule has 0 unspecified atom stereocenters. The Hall–Kier alpha value is -1.42. The lowest BCUT2D eigenvalue weighted by atomic mass is 10.2. The number of hydrogen-bond acceptors (Lipinski definition) is 3. The molecule has 1 atom stereocenters. The Morgan fingerprint density at radius 3 is 3.19 bits per heavy atom. The number of hydrogen-bond donors (Lipinski definition) is 2. The average molecular weight is 219 g/mol. The van der Waals surface area contributed by atoms with Crippen LogP contribution in [0.15, 0.2) is 18.2 Å². The third-order valence-electron chi connectivity index (χ3n) is 2.80. The Morgan fingerprint density at radius 2 is 2.50 bits per heavy atom. The lowest BCUT2D eigenvalue weighted by Gasteiger charge is -2.10. The number of aryl methyl sites for hydroxylation is 1. The van der Waals surface area contributed by atoms with Crippen LogP contribution in [0.1, 0.15) is 25.5 Å². The maximum Gasteiger partial charge on any atom is 0.242 e. The maximum atomic E-state index is 11.8. The predicted molar refractivity (Wildman–Crippen MR) is 63.3 cm³/mol. The minimum atomic E-state index is -0.0490. The smallest absolute Gasteiger partial charge is 0.242 e. The van der Waals surface area contributed by atoms with Gasteiger partial charge in [0.2, 0.25) is 5.91 Å². The molecule has 4 nitrogen and oxygen atoms in total. The Balaban J connectivity index is 1.99. The fourth-order valence-corrected chi connectivity index (χ4v) is 1.87. The van der Waals surface area contributed by atoms with Gasteiger partial charge in [-0.2, -0.15) is 0 Å². The number of nitrogens with one attached hydrogen (secondary N) is 2. The zero-order valence-electron chi connectivity index (χ0n) is 9.49. The van der Waals surface area contributed by atoms with Crippen LogP contribution < -0.4 is 10.6 Å². The molecule has 0 spiro atoms. The molecule has 1 amide bonds. The monoisotopic (exact) mass is 219 g/mol. The van der Waals surface area contributed by atoms with E-state index < -0.39 is 0 Å². The third kappa shape index (κ3) is 2.58. The second-order valence-corrected chi connectivity index (χ2v) is 4.01. The van der Waals surface area contributed by atoms with Crippen LogP contribution in [0.5, 0.6) is 0 Å². The summed E-state index contributed by atoms with van der Waals surface area (Å²) in [6, 6.07) is 5.66. The van der Waals surface area contributed by atoms with Crippen molar-refractivity contribution in [2.75, 3.05) is 11.9 Å². The van der Waals surface area contributed by atoms with Gasteiger partial charge in [0.1, 0.15) is 5.82 Å². The molecule has 0 saturated carbocycles. The highest BCUT2D eigenvalue weighted by molar-refractivity contribution is 5.94. The van der Waals surface area contributed by atoms with E-state index in [4.69, 9.17) is 0 Å². The van der Waals surface area contributed by atoms with E-state index in [9.17, 15) is 4.79 Å². The summed E-state index contributed by atoms with van der Waals surface area (Å²) in [6.07, 6.45) is 2.87. The van der Waals surface area contributed by atoms with Gasteiger partial charge in [0, 0.05) is 5.69 Å². The van der Waals surface area contributed by atoms with Gasteiger partial charge in [-0.1, -0.05) is 13.0 Å². The predicted octanol–water partition coefficient (Wildman–Crippen LogP) is 1.33. The van der Waals surface area contributed by atoms with E-state index >= 15 is 0 Å². The first-order valence-electron chi connectivity index (χ1n) is 5.80. The lowest BCUT2D eigenvalue weighted by Crippen LogP contribution is -2.35. The molecule has 1 fully saturated rings. The summed E-state index contributed by atoms with van der Waals surface area (Å²) < 4.78 is 0. The van der Waals surface area contributed by atoms with Gasteiger partial charge in [-0.15, -0.1) is 0 Å². The molecule has 86 valence electrons. The van der Waals surface area contributed by atoms with E-state index in [2.05, 4.69) is 15.6 Å². The first-order chi connectivity index (χ1) is 7.79. The van der Waals surface area contributed by atoms with Crippen LogP contribution in [0.4, 0.5) is 5.82 Å². The second-order valence-electron chi connectivity index (χ2n) is 4.01. The van der Waals surface area contributed by atoms with Gasteiger partial charge in [-0.3, -0.25) is 4.79 Å². The summed E-state index contributed by atoms with van der Waals surface area (Å²) >= 11 is 0. The Kier molecular flexibility index (Phi) is 3.51. The van der Waals surface area contributed by atoms with Gasteiger partial charge >= 0.3 is 0 Å². The molecule has 1 aromatic heterocycles. The fraction of sp³-hybridized carbons (Fsp3) is 0.500. The summed E-state index contributed by atoms with van der Waals surface area (Å²) in [4.78, 5) is 16.1. The maximum absolute atomic E-state index is 11.8. The van der Waals surface area contributed by atoms with Gasteiger partial charge in [-0.05, 0) is 37.9 Å². The van der Waals surface area contributed by atoms with Crippen molar-refractivity contribution in [3.05, 3.63) is 23.9 Å². The van der Waals surface area contributed by atoms with Crippen molar-refractivity contribution in [1.82, 2.24) is 10.3 Å². The van der Waals surface area contributed by atoms with Crippen LogP contribution in [-0.4, -0.2) is 23.5 Å². The van der Waals surface area contributed by atoms with E-state index in [1.54, 1.807) is 0 Å². The van der Waals surface area contributed by atoms with Crippen LogP contribution in [0.2, 0.25) is 0 Å². The van der Waals surface area contributed by atoms with E-state index in [1.807, 2.05) is 25.1 Å². The Bertz CT molecular complexity index is 372. The van der Waals surface area contributed by atoms with Crippen molar-refractivity contribution in [3.63, 3.8) is 0 Å². The molecule has 1 aliphatic rings. The summed E-state index contributed by atoms with van der Waals surface area (Å²) in [5, 5.41) is 6.01. The molecule has 0 bridgehead atoms. The first kappa shape index (κ1) is 11.1. The SMILES string of the molecule is CCc1cccc(NC(=O)[C@@H]2CCCN2)n1. The van der Waals surface area contributed by atoms with E-state index in [0.29, 0.717) is 5.82 Å². The number of rotatable bonds is 3. The average Bonchev–Trinajstić information content (AvgIpc) is 2.83. The number of carbonyl (C=O) groups is 1. The van der Waals surface area contributed by atoms with Gasteiger partial charge in [0.05, 0.1) is 6.04 Å². The van der Waals surface area contributed by atoms with Crippen molar-refractivity contribution in [3.8, 4) is 0 Å². The first-order valence-corrected chi connectivity index (χ1v) is 5.80. The molecule has 0 aliphatic carbocycles. The Labute approximate surface area is 95.5 Å². The molecular weight excluding hydrogens is 202 g/mol. The van der Waals surface area contributed by atoms with Crippen LogP contribution >= 0.6 is 0 Å². The molecule has 2 heterocycles. The molecule has 2 N–H and O–H groups in total. The highest BCUT2D eigenvalue weighted by atomic mass is 16.2. The zero-order chi connectivity index (χ0) is 11.4. The van der Waals surface area contributed by atoms with Gasteiger partial charge in [0.15, 0.2) is 0 Å². The van der Waals surface area contributed by atoms with Crippen molar-refractivity contribution in [2.24, 2.45) is 0 Å². The molecule has 1 aromatic rings. The highest BCUT2D eigenvalue weighted by Gasteiger charge is 2.21. The van der Waals surface area contributed by atoms with Gasteiger partial charge in [0.25, 0.3) is 0 Å². The highest BCUT2D eigenvalue weighted by Crippen LogP contribution is 2.09. The van der Waals surface area contributed by atoms with Crippen molar-refractivity contribution < 1.29 is 4.79 Å². The molecule has 1 aliphatic heterocycles. The quantitative estimate of drug-likeness (QED) is 0.806. The van der Waals surface area contributed by atoms with Crippen LogP contribution in [0.3, 0.4) is 0 Å². The number of nitrogens with zero attached hydrogens (tertiary/aromatic N) is 1. The van der Waals surface area contributed by atoms with Gasteiger partial charge < -0.3 is 10.6 Å². The molecule has 2 rings (SSSR count). The minimum Gasteiger partial charge on any atom is -0.309 e. The standard InChI is InChI=1S/C12H17N3O/c1-2-9-5-3-7-11(14-9)15-12(16)10-6-4-8-13-10/h3,5,7,10,13H,2,4,6,8H2,1H3,(H,14,15,16)/t10-/m0/s1. The van der Waals surface area contributed by atoms with Gasteiger partial charge in [-0.25, -0.2) is 4.98 Å². The fourth-order valence-electron chi connectivity index (χ4n) is 1.87. The third-order valence-corrected chi connectivity index (χ3v) is 2.80. The molecular formula is C12H17N3O. The second kappa shape index (κ2) is 5.07. The zero-order valence-corrected chi connectivity index (χ0v) is 9.49. The molecule has 1 saturated heterocycles. The normalized spacial score (nSPS) is 19.7. The van der Waals surface area contributed by atoms with Crippen molar-refractivity contribution in [1.29, 1.82) is 0 Å². The molecule has 4 heteroatoms. The number of amides is 1. The number of pyridine rings is 1. The number of anilines is 1. The topological polar surface area (TPSA) is 54.0 Å². The summed E-state index contributed by atoms with van der Waals surface area (Å²) in [6.45, 7) is 2.98. The van der Waals surface area contributed by atoms with Crippen LogP contribution in [-0.2, 0) is 11.2 Å². The number of aromatic nitrogens is 1. The van der Waals surface area contributed by atoms with Crippen LogP contribution in [0, 0.1) is 0 Å². The minimum absolute atomic E-state index is 0.0262. The van der Waals surface area contributed by atoms with E-state index in [-0.39, 0.29) is 11.9 Å². The van der Waals surface area contributed by atoms with Crippen LogP contribution in [0.25, 0.3) is 0 Å². The molecule has 16 heavy (non-hydrogen) atoms. The van der Waals surface area contributed by atoms with Crippen molar-refractivity contribution in [2.45, 2.75) is 32.2 Å². The van der Waals surface area contributed by atoms with Crippen molar-refractivity contribution >= 4 is 11.7 Å². The summed E-state index contributed by atoms with van der Waals surface area (Å²) in [5.74, 6) is 0.677. The molecule has 0 aromatic carbocycles. The van der Waals surface area contributed by atoms with E-state index in [0.717, 1.165) is 31.5 Å². The lowest BCUT2D eigenvalue weighted by molar-refractivity contribution is -0.117. The molecule has 0 radical (unpaired) electrons. The summed E-state index contributed by atoms with van der Waals surface area (Å²) in [7, 11) is 0. The largest absolute Gasteiger partial charge is 0.309 e. The Morgan fingerprint density at radius 1 is 1.62 bits per heavy atom.